The molecule has 198 valence electrons. The van der Waals surface area contributed by atoms with Gasteiger partial charge in [-0.05, 0) is 30.4 Å². The summed E-state index contributed by atoms with van der Waals surface area (Å²) in [7, 11) is 0. The van der Waals surface area contributed by atoms with E-state index in [1.807, 2.05) is 17.0 Å². The Morgan fingerprint density at radius 1 is 1.11 bits per heavy atom. The number of hydrogen-bond acceptors (Lipinski definition) is 5. The first-order chi connectivity index (χ1) is 18.3. The predicted molar refractivity (Wildman–Crippen MR) is 136 cm³/mol. The zero-order chi connectivity index (χ0) is 26.7. The molecule has 3 aliphatic heterocycles. The van der Waals surface area contributed by atoms with Crippen LogP contribution >= 0.6 is 0 Å². The van der Waals surface area contributed by atoms with Gasteiger partial charge in [-0.2, -0.15) is 18.4 Å². The molecule has 4 heterocycles. The molecule has 2 fully saturated rings. The highest BCUT2D eigenvalue weighted by atomic mass is 19.4. The number of allylic oxidation sites excluding steroid dienone is 1. The monoisotopic (exact) mass is 522 g/mol. The minimum Gasteiger partial charge on any atom is -0.325 e. The highest BCUT2D eigenvalue weighted by Gasteiger charge is 2.37. The fraction of sp³-hybridized carbons (Fsp3) is 0.464. The lowest BCUT2D eigenvalue weighted by Gasteiger charge is -2.41. The lowest BCUT2D eigenvalue weighted by molar-refractivity contribution is -0.127. The van der Waals surface area contributed by atoms with Crippen LogP contribution in [0, 0.1) is 23.2 Å². The molecule has 2 saturated heterocycles. The van der Waals surface area contributed by atoms with Crippen molar-refractivity contribution in [3.8, 4) is 6.07 Å². The topological polar surface area (TPSA) is 85.5 Å². The second-order valence-electron chi connectivity index (χ2n) is 10.2. The molecule has 10 heteroatoms. The summed E-state index contributed by atoms with van der Waals surface area (Å²) in [6.07, 6.45) is 4.25. The summed E-state index contributed by atoms with van der Waals surface area (Å²) in [6.45, 7) is 1.99. The van der Waals surface area contributed by atoms with Crippen LogP contribution in [-0.4, -0.2) is 63.9 Å². The number of carbonyl (C=O) groups is 1. The second-order valence-corrected chi connectivity index (χ2v) is 10.2. The van der Waals surface area contributed by atoms with Crippen LogP contribution in [0.3, 0.4) is 0 Å². The quantitative estimate of drug-likeness (QED) is 0.551. The second kappa shape index (κ2) is 10.9. The van der Waals surface area contributed by atoms with Crippen LogP contribution in [0.2, 0.25) is 0 Å². The molecule has 1 aromatic carbocycles. The van der Waals surface area contributed by atoms with E-state index >= 15 is 0 Å². The molecule has 1 aromatic heterocycles. The Morgan fingerprint density at radius 3 is 2.61 bits per heavy atom. The maximum absolute atomic E-state index is 13.6. The number of hydrogen-bond donors (Lipinski definition) is 0. The zero-order valence-corrected chi connectivity index (χ0v) is 20.9. The largest absolute Gasteiger partial charge is 0.393 e. The smallest absolute Gasteiger partial charge is 0.325 e. The van der Waals surface area contributed by atoms with Crippen molar-refractivity contribution in [1.29, 1.82) is 5.26 Å². The van der Waals surface area contributed by atoms with Gasteiger partial charge in [-0.25, -0.2) is 4.79 Å². The van der Waals surface area contributed by atoms with Crippen molar-refractivity contribution in [2.24, 2.45) is 16.8 Å². The molecule has 3 aliphatic rings. The minimum atomic E-state index is -4.29. The van der Waals surface area contributed by atoms with Crippen molar-refractivity contribution in [1.82, 2.24) is 19.8 Å². The van der Waals surface area contributed by atoms with Crippen molar-refractivity contribution in [2.75, 3.05) is 26.2 Å². The number of nitrogens with zero attached hydrogens (tertiary/aromatic N) is 6. The van der Waals surface area contributed by atoms with Gasteiger partial charge in [0.2, 0.25) is 0 Å². The number of likely N-dealkylation sites (tertiary alicyclic amines) is 2. The molecule has 2 unspecified atom stereocenters. The minimum absolute atomic E-state index is 0.0318. The highest BCUT2D eigenvalue weighted by molar-refractivity contribution is 5.97. The van der Waals surface area contributed by atoms with Crippen LogP contribution in [-0.2, 0) is 6.42 Å². The number of carbonyl (C=O) groups excluding carboxylic acids is 1. The number of benzene rings is 1. The van der Waals surface area contributed by atoms with Crippen molar-refractivity contribution in [3.63, 3.8) is 0 Å². The Hall–Kier alpha value is -3.74. The predicted octanol–water partition coefficient (Wildman–Crippen LogP) is 5.23. The molecule has 0 N–H and O–H groups in total. The van der Waals surface area contributed by atoms with Gasteiger partial charge in [0.25, 0.3) is 0 Å². The molecule has 0 saturated carbocycles. The molecular formula is C28H29F3N6O. The van der Waals surface area contributed by atoms with Crippen LogP contribution in [0.4, 0.5) is 18.0 Å². The fourth-order valence-electron chi connectivity index (χ4n) is 5.62. The fourth-order valence-corrected chi connectivity index (χ4v) is 5.62. The number of amides is 2. The number of alkyl halides is 3. The third kappa shape index (κ3) is 6.04. The molecule has 7 nitrogen and oxygen atoms in total. The van der Waals surface area contributed by atoms with Gasteiger partial charge in [-0.1, -0.05) is 30.3 Å². The number of aliphatic imine (C=N–C) groups is 1. The van der Waals surface area contributed by atoms with Crippen LogP contribution in [0.1, 0.15) is 48.4 Å². The van der Waals surface area contributed by atoms with Gasteiger partial charge in [0.15, 0.2) is 0 Å². The van der Waals surface area contributed by atoms with E-state index in [2.05, 4.69) is 16.0 Å². The maximum atomic E-state index is 13.6. The van der Waals surface area contributed by atoms with Crippen LogP contribution in [0.25, 0.3) is 5.70 Å². The number of rotatable bonds is 4. The Labute approximate surface area is 219 Å². The lowest BCUT2D eigenvalue weighted by Crippen LogP contribution is -2.52. The summed E-state index contributed by atoms with van der Waals surface area (Å²) in [5.41, 5.74) is 3.40. The number of piperidine rings is 2. The molecule has 2 amide bonds. The van der Waals surface area contributed by atoms with Crippen molar-refractivity contribution in [2.45, 2.75) is 44.2 Å². The summed E-state index contributed by atoms with van der Waals surface area (Å²) < 4.78 is 39.2. The molecule has 2 aromatic rings. The summed E-state index contributed by atoms with van der Waals surface area (Å²) in [5.74, 6) is -0.187. The van der Waals surface area contributed by atoms with E-state index in [4.69, 9.17) is 4.99 Å². The number of halogens is 3. The molecule has 0 bridgehead atoms. The van der Waals surface area contributed by atoms with E-state index in [1.165, 1.54) is 6.07 Å². The summed E-state index contributed by atoms with van der Waals surface area (Å²) in [5, 5.41) is 9.22. The summed E-state index contributed by atoms with van der Waals surface area (Å²) in [4.78, 5) is 30.5. The average Bonchev–Trinajstić information content (AvgIpc) is 3.43. The number of nitriles is 1. The first kappa shape index (κ1) is 25.9. The van der Waals surface area contributed by atoms with E-state index < -0.39 is 12.6 Å². The third-order valence-corrected chi connectivity index (χ3v) is 7.56. The van der Waals surface area contributed by atoms with Gasteiger partial charge >= 0.3 is 12.2 Å². The Kier molecular flexibility index (Phi) is 7.45. The van der Waals surface area contributed by atoms with E-state index in [1.54, 1.807) is 35.6 Å². The Balaban J connectivity index is 1.39. The van der Waals surface area contributed by atoms with Crippen LogP contribution < -0.4 is 0 Å². The Bertz CT molecular complexity index is 1260. The van der Waals surface area contributed by atoms with Gasteiger partial charge in [-0.15, -0.1) is 0 Å². The van der Waals surface area contributed by atoms with Gasteiger partial charge in [0, 0.05) is 68.5 Å². The number of urea groups is 1. The Morgan fingerprint density at radius 2 is 1.89 bits per heavy atom. The molecule has 38 heavy (non-hydrogen) atoms. The first-order valence-electron chi connectivity index (χ1n) is 12.9. The van der Waals surface area contributed by atoms with Gasteiger partial charge in [0.1, 0.15) is 5.69 Å². The van der Waals surface area contributed by atoms with Crippen LogP contribution in [0.5, 0.6) is 0 Å². The van der Waals surface area contributed by atoms with Gasteiger partial charge in [-0.3, -0.25) is 15.0 Å². The molecule has 0 spiro atoms. The lowest BCUT2D eigenvalue weighted by atomic mass is 9.81. The molecule has 0 aliphatic carbocycles. The van der Waals surface area contributed by atoms with Crippen molar-refractivity contribution in [3.05, 3.63) is 65.8 Å². The molecule has 5 rings (SSSR count). The average molecular weight is 523 g/mol. The van der Waals surface area contributed by atoms with Gasteiger partial charge < -0.3 is 9.80 Å². The standard InChI is InChI=1S/C28H29F3N6O/c29-28(30,31)14-20-2-1-3-21(12-20)22-13-23(24-4-5-25(35-24)26-16-33-8-9-34-26)18-37(17-22)27(38)36-10-6-19(15-32)7-11-36/h1-3,5,8-9,12,16,19,22-23H,4,6-7,10-11,13-14,17-18H2. The van der Waals surface area contributed by atoms with Crippen molar-refractivity contribution < 1.29 is 18.0 Å². The molecule has 0 radical (unpaired) electrons. The van der Waals surface area contributed by atoms with Gasteiger partial charge in [0.05, 0.1) is 24.4 Å². The summed E-state index contributed by atoms with van der Waals surface area (Å²) in [6, 6.07) is 8.86. The van der Waals surface area contributed by atoms with E-state index in [0.29, 0.717) is 57.6 Å². The van der Waals surface area contributed by atoms with E-state index in [-0.39, 0.29) is 29.3 Å². The summed E-state index contributed by atoms with van der Waals surface area (Å²) >= 11 is 0. The third-order valence-electron chi connectivity index (χ3n) is 7.56. The number of aromatic nitrogens is 2. The van der Waals surface area contributed by atoms with E-state index in [9.17, 15) is 23.2 Å². The molecule has 2 atom stereocenters. The zero-order valence-electron chi connectivity index (χ0n) is 20.9. The first-order valence-corrected chi connectivity index (χ1v) is 12.9. The SMILES string of the molecule is N#CC1CCN(C(=O)N2CC(C3=NC(c4cnccn4)=CC3)CC(c3cccc(CC(F)(F)F)c3)C2)CC1. The van der Waals surface area contributed by atoms with Crippen molar-refractivity contribution >= 4 is 17.4 Å². The molecular weight excluding hydrogens is 493 g/mol. The normalized spacial score (nSPS) is 22.6. The van der Waals surface area contributed by atoms with Crippen LogP contribution in [0.15, 0.2) is 53.9 Å². The highest BCUT2D eigenvalue weighted by Crippen LogP contribution is 2.36. The maximum Gasteiger partial charge on any atom is 0.393 e. The van der Waals surface area contributed by atoms with E-state index in [0.717, 1.165) is 17.0 Å².